The minimum Gasteiger partial charge on any atom is -0.342 e. The number of amides is 1. The molecule has 1 saturated heterocycles. The van der Waals surface area contributed by atoms with Gasteiger partial charge in [0.25, 0.3) is 0 Å². The normalized spacial score (nSPS) is 16.4. The molecule has 1 aliphatic heterocycles. The summed E-state index contributed by atoms with van der Waals surface area (Å²) >= 11 is 13.8. The second kappa shape index (κ2) is 7.58. The van der Waals surface area contributed by atoms with Crippen molar-refractivity contribution in [3.05, 3.63) is 33.8 Å². The second-order valence-corrected chi connectivity index (χ2v) is 7.06. The third kappa shape index (κ3) is 4.31. The van der Waals surface area contributed by atoms with Gasteiger partial charge in [-0.05, 0) is 36.5 Å². The number of halogens is 2. The van der Waals surface area contributed by atoms with Crippen molar-refractivity contribution in [2.24, 2.45) is 5.92 Å². The molecule has 20 heavy (non-hydrogen) atoms. The van der Waals surface area contributed by atoms with Gasteiger partial charge in [0.2, 0.25) is 5.91 Å². The summed E-state index contributed by atoms with van der Waals surface area (Å²) in [5, 5.41) is 1.34. The molecule has 1 aromatic rings. The van der Waals surface area contributed by atoms with Gasteiger partial charge in [0, 0.05) is 28.9 Å². The molecule has 110 valence electrons. The van der Waals surface area contributed by atoms with Crippen molar-refractivity contribution >= 4 is 40.9 Å². The molecule has 1 heterocycles. The summed E-state index contributed by atoms with van der Waals surface area (Å²) in [4.78, 5) is 14.1. The molecule has 0 spiro atoms. The van der Waals surface area contributed by atoms with Crippen molar-refractivity contribution in [1.29, 1.82) is 0 Å². The standard InChI is InChI=1S/C15H19Cl2NOS/c1-11-5-7-18(8-6-11)15(19)10-20-9-12-13(16)3-2-4-14(12)17/h2-4,11H,5-10H2,1H3. The maximum absolute atomic E-state index is 12.1. The maximum Gasteiger partial charge on any atom is 0.232 e. The summed E-state index contributed by atoms with van der Waals surface area (Å²) in [6, 6.07) is 5.49. The predicted molar refractivity (Wildman–Crippen MR) is 87.6 cm³/mol. The van der Waals surface area contributed by atoms with Crippen LogP contribution in [0.4, 0.5) is 0 Å². The Morgan fingerprint density at radius 1 is 1.30 bits per heavy atom. The number of nitrogens with zero attached hydrogens (tertiary/aromatic N) is 1. The summed E-state index contributed by atoms with van der Waals surface area (Å²) < 4.78 is 0. The molecule has 0 atom stereocenters. The number of rotatable bonds is 4. The Hall–Kier alpha value is -0.380. The number of likely N-dealkylation sites (tertiary alicyclic amines) is 1. The van der Waals surface area contributed by atoms with Crippen LogP contribution in [-0.4, -0.2) is 29.6 Å². The van der Waals surface area contributed by atoms with Gasteiger partial charge in [0.1, 0.15) is 0 Å². The van der Waals surface area contributed by atoms with Crippen LogP contribution in [0.15, 0.2) is 18.2 Å². The van der Waals surface area contributed by atoms with Gasteiger partial charge in [0.15, 0.2) is 0 Å². The molecule has 0 aliphatic carbocycles. The highest BCUT2D eigenvalue weighted by Crippen LogP contribution is 2.28. The zero-order chi connectivity index (χ0) is 14.5. The van der Waals surface area contributed by atoms with E-state index in [1.165, 1.54) is 0 Å². The number of benzene rings is 1. The lowest BCUT2D eigenvalue weighted by Crippen LogP contribution is -2.38. The molecule has 2 rings (SSSR count). The third-order valence-electron chi connectivity index (χ3n) is 3.67. The van der Waals surface area contributed by atoms with E-state index in [0.29, 0.717) is 21.6 Å². The van der Waals surface area contributed by atoms with Crippen molar-refractivity contribution in [1.82, 2.24) is 4.90 Å². The van der Waals surface area contributed by atoms with Gasteiger partial charge in [0.05, 0.1) is 5.75 Å². The highest BCUT2D eigenvalue weighted by molar-refractivity contribution is 7.99. The van der Waals surface area contributed by atoms with Gasteiger partial charge in [-0.25, -0.2) is 0 Å². The van der Waals surface area contributed by atoms with Crippen molar-refractivity contribution in [3.8, 4) is 0 Å². The van der Waals surface area contributed by atoms with E-state index in [9.17, 15) is 4.79 Å². The fourth-order valence-electron chi connectivity index (χ4n) is 2.26. The van der Waals surface area contributed by atoms with Crippen molar-refractivity contribution in [3.63, 3.8) is 0 Å². The predicted octanol–water partition coefficient (Wildman–Crippen LogP) is 4.49. The molecule has 1 aliphatic rings. The van der Waals surface area contributed by atoms with Crippen LogP contribution in [-0.2, 0) is 10.5 Å². The van der Waals surface area contributed by atoms with E-state index in [2.05, 4.69) is 6.92 Å². The van der Waals surface area contributed by atoms with Crippen LogP contribution in [0.1, 0.15) is 25.3 Å². The highest BCUT2D eigenvalue weighted by Gasteiger charge is 2.20. The number of thioether (sulfide) groups is 1. The largest absolute Gasteiger partial charge is 0.342 e. The maximum atomic E-state index is 12.1. The summed E-state index contributed by atoms with van der Waals surface area (Å²) in [5.74, 6) is 2.14. The van der Waals surface area contributed by atoms with E-state index in [-0.39, 0.29) is 5.91 Å². The molecule has 0 bridgehead atoms. The summed E-state index contributed by atoms with van der Waals surface area (Å²) in [6.07, 6.45) is 2.24. The van der Waals surface area contributed by atoms with Gasteiger partial charge >= 0.3 is 0 Å². The number of hydrogen-bond donors (Lipinski definition) is 0. The van der Waals surface area contributed by atoms with Crippen LogP contribution in [0.3, 0.4) is 0 Å². The van der Waals surface area contributed by atoms with Gasteiger partial charge in [-0.3, -0.25) is 4.79 Å². The first-order valence-electron chi connectivity index (χ1n) is 6.86. The first kappa shape index (κ1) is 16.0. The van der Waals surface area contributed by atoms with E-state index < -0.39 is 0 Å². The Bertz CT molecular complexity index is 453. The van der Waals surface area contributed by atoms with Gasteiger partial charge in [-0.1, -0.05) is 36.2 Å². The molecule has 0 saturated carbocycles. The lowest BCUT2D eigenvalue weighted by Gasteiger charge is -2.30. The second-order valence-electron chi connectivity index (χ2n) is 5.26. The van der Waals surface area contributed by atoms with E-state index in [0.717, 1.165) is 37.4 Å². The molecule has 5 heteroatoms. The topological polar surface area (TPSA) is 20.3 Å². The number of hydrogen-bond acceptors (Lipinski definition) is 2. The van der Waals surface area contributed by atoms with Crippen LogP contribution >= 0.6 is 35.0 Å². The van der Waals surface area contributed by atoms with Crippen molar-refractivity contribution in [2.75, 3.05) is 18.8 Å². The van der Waals surface area contributed by atoms with Crippen LogP contribution < -0.4 is 0 Å². The quantitative estimate of drug-likeness (QED) is 0.810. The Balaban J connectivity index is 1.79. The van der Waals surface area contributed by atoms with Crippen molar-refractivity contribution in [2.45, 2.75) is 25.5 Å². The Morgan fingerprint density at radius 2 is 1.90 bits per heavy atom. The minimum atomic E-state index is 0.227. The van der Waals surface area contributed by atoms with Crippen LogP contribution in [0.5, 0.6) is 0 Å². The molecule has 0 unspecified atom stereocenters. The lowest BCUT2D eigenvalue weighted by molar-refractivity contribution is -0.129. The number of carbonyl (C=O) groups is 1. The summed E-state index contributed by atoms with van der Waals surface area (Å²) in [6.45, 7) is 4.04. The SMILES string of the molecule is CC1CCN(C(=O)CSCc2c(Cl)cccc2Cl)CC1. The van der Waals surface area contributed by atoms with Gasteiger partial charge < -0.3 is 4.90 Å². The molecular formula is C15H19Cl2NOS. The zero-order valence-electron chi connectivity index (χ0n) is 11.6. The fourth-order valence-corrected chi connectivity index (χ4v) is 3.92. The average Bonchev–Trinajstić information content (AvgIpc) is 2.42. The molecule has 0 N–H and O–H groups in total. The highest BCUT2D eigenvalue weighted by atomic mass is 35.5. The number of carbonyl (C=O) groups excluding carboxylic acids is 1. The number of piperidine rings is 1. The summed E-state index contributed by atoms with van der Waals surface area (Å²) in [5.41, 5.74) is 0.917. The summed E-state index contributed by atoms with van der Waals surface area (Å²) in [7, 11) is 0. The first-order chi connectivity index (χ1) is 9.58. The first-order valence-corrected chi connectivity index (χ1v) is 8.77. The molecular weight excluding hydrogens is 313 g/mol. The molecule has 0 radical (unpaired) electrons. The molecule has 0 aromatic heterocycles. The Morgan fingerprint density at radius 3 is 2.50 bits per heavy atom. The van der Waals surface area contributed by atoms with E-state index in [4.69, 9.17) is 23.2 Å². The van der Waals surface area contributed by atoms with Crippen LogP contribution in [0.25, 0.3) is 0 Å². The fraction of sp³-hybridized carbons (Fsp3) is 0.533. The molecule has 1 amide bonds. The Labute approximate surface area is 134 Å². The monoisotopic (exact) mass is 331 g/mol. The minimum absolute atomic E-state index is 0.227. The van der Waals surface area contributed by atoms with Gasteiger partial charge in [-0.2, -0.15) is 0 Å². The Kier molecular flexibility index (Phi) is 6.06. The van der Waals surface area contributed by atoms with E-state index in [1.54, 1.807) is 11.8 Å². The lowest BCUT2D eigenvalue weighted by atomic mass is 9.99. The van der Waals surface area contributed by atoms with E-state index >= 15 is 0 Å². The molecule has 1 aromatic carbocycles. The van der Waals surface area contributed by atoms with E-state index in [1.807, 2.05) is 23.1 Å². The third-order valence-corrected chi connectivity index (χ3v) is 5.32. The van der Waals surface area contributed by atoms with Crippen LogP contribution in [0, 0.1) is 5.92 Å². The zero-order valence-corrected chi connectivity index (χ0v) is 13.9. The smallest absolute Gasteiger partial charge is 0.232 e. The average molecular weight is 332 g/mol. The molecule has 2 nitrogen and oxygen atoms in total. The van der Waals surface area contributed by atoms with Gasteiger partial charge in [-0.15, -0.1) is 11.8 Å². The molecule has 1 fully saturated rings. The van der Waals surface area contributed by atoms with Crippen LogP contribution in [0.2, 0.25) is 10.0 Å². The van der Waals surface area contributed by atoms with Crippen molar-refractivity contribution < 1.29 is 4.79 Å².